The van der Waals surface area contributed by atoms with Crippen molar-refractivity contribution in [1.29, 1.82) is 0 Å². The van der Waals surface area contributed by atoms with Crippen molar-refractivity contribution >= 4 is 21.8 Å². The van der Waals surface area contributed by atoms with Gasteiger partial charge in [0.2, 0.25) is 10.0 Å². The minimum Gasteiger partial charge on any atom is -0.305 e. The van der Waals surface area contributed by atoms with Crippen LogP contribution in [0.1, 0.15) is 37.2 Å². The lowest BCUT2D eigenvalue weighted by atomic mass is 10.1. The molecule has 1 heterocycles. The van der Waals surface area contributed by atoms with Crippen molar-refractivity contribution in [2.75, 3.05) is 5.75 Å². The Morgan fingerprint density at radius 1 is 1.13 bits per heavy atom. The molecule has 0 amide bonds. The van der Waals surface area contributed by atoms with Gasteiger partial charge in [-0.2, -0.15) is 0 Å². The van der Waals surface area contributed by atoms with E-state index in [1.807, 2.05) is 41.8 Å². The largest absolute Gasteiger partial charge is 0.305 e. The number of halogens is 1. The average molecular weight is 461 g/mol. The third-order valence-corrected chi connectivity index (χ3v) is 7.91. The fourth-order valence-electron chi connectivity index (χ4n) is 3.34. The molecule has 31 heavy (non-hydrogen) atoms. The van der Waals surface area contributed by atoms with Crippen LogP contribution in [-0.4, -0.2) is 28.9 Å². The van der Waals surface area contributed by atoms with Gasteiger partial charge in [-0.15, -0.1) is 10.2 Å². The molecule has 4 rings (SSSR count). The summed E-state index contributed by atoms with van der Waals surface area (Å²) in [4.78, 5) is 0.0119. The highest BCUT2D eigenvalue weighted by Crippen LogP contribution is 2.35. The van der Waals surface area contributed by atoms with Crippen molar-refractivity contribution in [2.24, 2.45) is 5.92 Å². The van der Waals surface area contributed by atoms with E-state index in [1.165, 1.54) is 25.0 Å². The van der Waals surface area contributed by atoms with Crippen LogP contribution in [0, 0.1) is 11.7 Å². The molecule has 0 radical (unpaired) electrons. The van der Waals surface area contributed by atoms with Crippen molar-refractivity contribution in [1.82, 2.24) is 19.5 Å². The first-order valence-electron chi connectivity index (χ1n) is 10.3. The van der Waals surface area contributed by atoms with E-state index in [2.05, 4.69) is 14.9 Å². The van der Waals surface area contributed by atoms with E-state index in [-0.39, 0.29) is 4.90 Å². The third kappa shape index (κ3) is 5.53. The Balaban J connectivity index is 1.65. The third-order valence-electron chi connectivity index (χ3n) is 5.22. The molecule has 1 aromatic heterocycles. The Morgan fingerprint density at radius 2 is 1.84 bits per heavy atom. The summed E-state index contributed by atoms with van der Waals surface area (Å²) in [5.41, 5.74) is 0.979. The highest BCUT2D eigenvalue weighted by Gasteiger charge is 2.28. The summed E-state index contributed by atoms with van der Waals surface area (Å²) < 4.78 is 44.1. The van der Waals surface area contributed by atoms with Gasteiger partial charge in [0.1, 0.15) is 5.82 Å². The number of benzene rings is 2. The van der Waals surface area contributed by atoms with Gasteiger partial charge in [0.25, 0.3) is 0 Å². The zero-order valence-corrected chi connectivity index (χ0v) is 18.9. The number of hydrogen-bond donors (Lipinski definition) is 1. The summed E-state index contributed by atoms with van der Waals surface area (Å²) in [6.45, 7) is 2.64. The molecule has 1 saturated carbocycles. The first-order valence-corrected chi connectivity index (χ1v) is 12.8. The lowest BCUT2D eigenvalue weighted by Gasteiger charge is -2.19. The fraction of sp³-hybridized carbons (Fsp3) is 0.364. The van der Waals surface area contributed by atoms with Gasteiger partial charge in [-0.05, 0) is 61.9 Å². The van der Waals surface area contributed by atoms with Gasteiger partial charge >= 0.3 is 0 Å². The van der Waals surface area contributed by atoms with E-state index in [0.29, 0.717) is 18.8 Å². The smallest absolute Gasteiger partial charge is 0.241 e. The normalized spacial score (nSPS) is 15.2. The molecule has 1 aliphatic rings. The van der Waals surface area contributed by atoms with Crippen LogP contribution < -0.4 is 4.72 Å². The SMILES string of the molecule is CCn1c(SCC2CC2)nnc1[C@@H](Cc1ccccc1)NS(=O)(=O)c1ccc(F)cc1. The summed E-state index contributed by atoms with van der Waals surface area (Å²) in [6, 6.07) is 13.9. The molecule has 1 fully saturated rings. The van der Waals surface area contributed by atoms with Gasteiger partial charge in [-0.25, -0.2) is 17.5 Å². The van der Waals surface area contributed by atoms with Crippen LogP contribution in [0.4, 0.5) is 4.39 Å². The molecule has 0 aliphatic heterocycles. The Labute approximate surface area is 186 Å². The van der Waals surface area contributed by atoms with E-state index in [4.69, 9.17) is 0 Å². The average Bonchev–Trinajstić information content (AvgIpc) is 3.50. The van der Waals surface area contributed by atoms with E-state index in [1.54, 1.807) is 11.8 Å². The lowest BCUT2D eigenvalue weighted by molar-refractivity contribution is 0.517. The summed E-state index contributed by atoms with van der Waals surface area (Å²) in [5, 5.41) is 9.54. The van der Waals surface area contributed by atoms with Crippen LogP contribution in [0.15, 0.2) is 64.6 Å². The number of nitrogens with one attached hydrogen (secondary N) is 1. The molecule has 1 aliphatic carbocycles. The maximum absolute atomic E-state index is 13.3. The van der Waals surface area contributed by atoms with Crippen LogP contribution in [0.25, 0.3) is 0 Å². The number of aromatic nitrogens is 3. The summed E-state index contributed by atoms with van der Waals surface area (Å²) in [5.74, 6) is 1.84. The zero-order valence-electron chi connectivity index (χ0n) is 17.2. The monoisotopic (exact) mass is 460 g/mol. The predicted octanol–water partition coefficient (Wildman–Crippen LogP) is 4.20. The molecule has 0 saturated heterocycles. The Morgan fingerprint density at radius 3 is 2.48 bits per heavy atom. The summed E-state index contributed by atoms with van der Waals surface area (Å²) >= 11 is 1.67. The lowest BCUT2D eigenvalue weighted by Crippen LogP contribution is -2.32. The van der Waals surface area contributed by atoms with Crippen molar-refractivity contribution < 1.29 is 12.8 Å². The van der Waals surface area contributed by atoms with Crippen LogP contribution in [-0.2, 0) is 23.0 Å². The molecule has 0 spiro atoms. The van der Waals surface area contributed by atoms with Crippen molar-refractivity contribution in [2.45, 2.75) is 48.8 Å². The number of thioether (sulfide) groups is 1. The van der Waals surface area contributed by atoms with Gasteiger partial charge in [-0.1, -0.05) is 42.1 Å². The summed E-state index contributed by atoms with van der Waals surface area (Å²) in [7, 11) is -3.88. The van der Waals surface area contributed by atoms with Crippen LogP contribution in [0.5, 0.6) is 0 Å². The molecular formula is C22H25FN4O2S2. The predicted molar refractivity (Wildman–Crippen MR) is 119 cm³/mol. The standard InChI is InChI=1S/C22H25FN4O2S2/c1-2-27-21(24-25-22(27)30-15-17-8-9-17)20(14-16-6-4-3-5-7-16)26-31(28,29)19-12-10-18(23)11-13-19/h3-7,10-13,17,20,26H,2,8-9,14-15H2,1H3/t20-/m1/s1. The molecule has 164 valence electrons. The molecule has 9 heteroatoms. The second-order valence-corrected chi connectivity index (χ2v) is 10.4. The number of sulfonamides is 1. The molecule has 0 unspecified atom stereocenters. The minimum atomic E-state index is -3.88. The number of rotatable bonds is 10. The van der Waals surface area contributed by atoms with Crippen LogP contribution in [0.3, 0.4) is 0 Å². The van der Waals surface area contributed by atoms with Gasteiger partial charge in [0.05, 0.1) is 10.9 Å². The highest BCUT2D eigenvalue weighted by molar-refractivity contribution is 7.99. The Kier molecular flexibility index (Phi) is 6.74. The van der Waals surface area contributed by atoms with Crippen LogP contribution >= 0.6 is 11.8 Å². The topological polar surface area (TPSA) is 76.9 Å². The van der Waals surface area contributed by atoms with E-state index in [9.17, 15) is 12.8 Å². The van der Waals surface area contributed by atoms with Gasteiger partial charge in [0, 0.05) is 12.3 Å². The molecule has 1 N–H and O–H groups in total. The van der Waals surface area contributed by atoms with Gasteiger partial charge in [0.15, 0.2) is 11.0 Å². The van der Waals surface area contributed by atoms with E-state index < -0.39 is 21.9 Å². The first kappa shape index (κ1) is 22.0. The van der Waals surface area contributed by atoms with Gasteiger partial charge in [-0.3, -0.25) is 0 Å². The van der Waals surface area contributed by atoms with Crippen molar-refractivity contribution in [3.05, 3.63) is 71.8 Å². The maximum atomic E-state index is 13.3. The molecule has 3 aromatic rings. The quantitative estimate of drug-likeness (QED) is 0.459. The first-order chi connectivity index (χ1) is 15.0. The van der Waals surface area contributed by atoms with E-state index in [0.717, 1.165) is 34.5 Å². The molecule has 0 bridgehead atoms. The second-order valence-electron chi connectivity index (χ2n) is 7.66. The molecule has 6 nitrogen and oxygen atoms in total. The van der Waals surface area contributed by atoms with Gasteiger partial charge < -0.3 is 4.57 Å². The molecular weight excluding hydrogens is 435 g/mol. The fourth-order valence-corrected chi connectivity index (χ4v) is 5.73. The second kappa shape index (κ2) is 9.50. The maximum Gasteiger partial charge on any atom is 0.241 e. The molecule has 2 aromatic carbocycles. The number of hydrogen-bond acceptors (Lipinski definition) is 5. The van der Waals surface area contributed by atoms with E-state index >= 15 is 0 Å². The minimum absolute atomic E-state index is 0.0119. The summed E-state index contributed by atoms with van der Waals surface area (Å²) in [6.07, 6.45) is 2.94. The highest BCUT2D eigenvalue weighted by atomic mass is 32.2. The van der Waals surface area contributed by atoms with Crippen molar-refractivity contribution in [3.63, 3.8) is 0 Å². The Bertz CT molecular complexity index is 1110. The van der Waals surface area contributed by atoms with Crippen molar-refractivity contribution in [3.8, 4) is 0 Å². The van der Waals surface area contributed by atoms with Crippen LogP contribution in [0.2, 0.25) is 0 Å². The number of nitrogens with zero attached hydrogens (tertiary/aromatic N) is 3. The Hall–Kier alpha value is -2.23. The zero-order chi connectivity index (χ0) is 21.8. The molecule has 1 atom stereocenters.